The van der Waals surface area contributed by atoms with Gasteiger partial charge >= 0.3 is 26.2 Å². The van der Waals surface area contributed by atoms with Gasteiger partial charge in [-0.15, -0.1) is 0 Å². The van der Waals surface area contributed by atoms with Gasteiger partial charge < -0.3 is 24.8 Å². The summed E-state index contributed by atoms with van der Waals surface area (Å²) in [6.07, 6.45) is 11.2. The van der Waals surface area contributed by atoms with Crippen molar-refractivity contribution in [1.82, 2.24) is 0 Å². The Morgan fingerprint density at radius 3 is 2.19 bits per heavy atom. The first-order valence-corrected chi connectivity index (χ1v) is 8.62. The fourth-order valence-corrected chi connectivity index (χ4v) is 4.23. The molecule has 0 saturated carbocycles. The molecule has 0 fully saturated rings. The number of halogens is 2. The Hall–Kier alpha value is -0.617. The zero-order valence-electron chi connectivity index (χ0n) is 15.5. The van der Waals surface area contributed by atoms with Gasteiger partial charge in [-0.3, -0.25) is 0 Å². The van der Waals surface area contributed by atoms with Crippen LogP contribution in [0.3, 0.4) is 0 Å². The molecular weight excluding hydrogens is 438 g/mol. The van der Waals surface area contributed by atoms with Crippen molar-refractivity contribution in [3.63, 3.8) is 0 Å². The van der Waals surface area contributed by atoms with Gasteiger partial charge in [0.2, 0.25) is 0 Å². The molecule has 0 aromatic heterocycles. The second-order valence-electron chi connectivity index (χ2n) is 7.85. The first kappa shape index (κ1) is 23.4. The van der Waals surface area contributed by atoms with E-state index in [-0.39, 0.29) is 56.4 Å². The van der Waals surface area contributed by atoms with Crippen molar-refractivity contribution in [3.05, 3.63) is 83.0 Å². The van der Waals surface area contributed by atoms with Crippen molar-refractivity contribution >= 4 is 0 Å². The quantitative estimate of drug-likeness (QED) is 0.497. The van der Waals surface area contributed by atoms with Crippen LogP contribution < -0.4 is 24.8 Å². The molecule has 0 bridgehead atoms. The molecule has 4 rings (SSSR count). The molecule has 0 atom stereocenters. The molecule has 0 heterocycles. The van der Waals surface area contributed by atoms with Gasteiger partial charge in [0.05, 0.1) is 0 Å². The van der Waals surface area contributed by atoms with Crippen molar-refractivity contribution in [1.29, 1.82) is 0 Å². The molecule has 0 unspecified atom stereocenters. The van der Waals surface area contributed by atoms with Crippen LogP contribution in [0.1, 0.15) is 43.0 Å². The first-order valence-electron chi connectivity index (χ1n) is 8.62. The van der Waals surface area contributed by atoms with Gasteiger partial charge in [-0.1, -0.05) is 81.5 Å². The molecule has 2 aliphatic rings. The first-order chi connectivity index (χ1) is 11.0. The molecular formula is C23H24Cl2Zr. The fraction of sp³-hybridized carbons (Fsp3) is 0.304. The molecule has 0 spiro atoms. The molecule has 0 N–H and O–H groups in total. The van der Waals surface area contributed by atoms with Crippen LogP contribution in [0.4, 0.5) is 0 Å². The average Bonchev–Trinajstić information content (AvgIpc) is 3.12. The maximum atomic E-state index is 2.38. The van der Waals surface area contributed by atoms with E-state index in [1.165, 1.54) is 22.3 Å². The summed E-state index contributed by atoms with van der Waals surface area (Å²) in [6, 6.07) is 13.6. The van der Waals surface area contributed by atoms with Crippen LogP contribution in [0.5, 0.6) is 0 Å². The Morgan fingerprint density at radius 2 is 1.54 bits per heavy atom. The largest absolute Gasteiger partial charge is 2.00 e. The minimum Gasteiger partial charge on any atom is -1.00 e. The van der Waals surface area contributed by atoms with Gasteiger partial charge in [0.1, 0.15) is 0 Å². The minimum absolute atomic E-state index is 0. The maximum absolute atomic E-state index is 2.38. The van der Waals surface area contributed by atoms with E-state index in [0.717, 1.165) is 12.8 Å². The Labute approximate surface area is 189 Å². The van der Waals surface area contributed by atoms with E-state index in [1.807, 2.05) is 0 Å². The number of fused-ring (bicyclic) bond motifs is 3. The van der Waals surface area contributed by atoms with E-state index >= 15 is 0 Å². The minimum atomic E-state index is 0. The molecule has 2 aromatic carbocycles. The zero-order chi connectivity index (χ0) is 16.0. The number of hydrogen-bond donors (Lipinski definition) is 0. The molecule has 0 nitrogen and oxygen atoms in total. The average molecular weight is 463 g/mol. The molecule has 0 radical (unpaired) electrons. The molecule has 134 valence electrons. The van der Waals surface area contributed by atoms with E-state index in [4.69, 9.17) is 0 Å². The van der Waals surface area contributed by atoms with E-state index in [9.17, 15) is 0 Å². The van der Waals surface area contributed by atoms with Gasteiger partial charge in [0.15, 0.2) is 0 Å². The Balaban J connectivity index is 0.00000113. The van der Waals surface area contributed by atoms with Gasteiger partial charge in [-0.2, -0.15) is 0 Å². The third-order valence-electron chi connectivity index (χ3n) is 5.11. The summed E-state index contributed by atoms with van der Waals surface area (Å²) in [6.45, 7) is 7.07. The number of hydrogen-bond acceptors (Lipinski definition) is 0. The van der Waals surface area contributed by atoms with Gasteiger partial charge in [0.25, 0.3) is 0 Å². The normalized spacial score (nSPS) is 14.1. The van der Waals surface area contributed by atoms with Crippen molar-refractivity contribution < 1.29 is 51.0 Å². The Morgan fingerprint density at radius 1 is 0.885 bits per heavy atom. The fourth-order valence-electron chi connectivity index (χ4n) is 4.23. The van der Waals surface area contributed by atoms with E-state index in [0.29, 0.717) is 5.92 Å². The molecule has 26 heavy (non-hydrogen) atoms. The summed E-state index contributed by atoms with van der Waals surface area (Å²) in [4.78, 5) is 0. The van der Waals surface area contributed by atoms with Crippen LogP contribution in [0.25, 0.3) is 11.1 Å². The predicted molar refractivity (Wildman–Crippen MR) is 98.9 cm³/mol. The van der Waals surface area contributed by atoms with Crippen LogP contribution in [0.2, 0.25) is 0 Å². The van der Waals surface area contributed by atoms with Crippen LogP contribution in [-0.2, 0) is 44.5 Å². The van der Waals surface area contributed by atoms with Crippen LogP contribution in [-0.4, -0.2) is 0 Å². The third kappa shape index (κ3) is 4.27. The summed E-state index contributed by atoms with van der Waals surface area (Å²) in [5, 5.41) is 0. The van der Waals surface area contributed by atoms with Gasteiger partial charge in [0, 0.05) is 0 Å². The zero-order valence-corrected chi connectivity index (χ0v) is 19.5. The molecule has 0 amide bonds. The van der Waals surface area contributed by atoms with Crippen LogP contribution in [0.15, 0.2) is 60.7 Å². The number of rotatable bonds is 2. The SMILES string of the molecule is CC(C)(C)c1c(CC2C=CC=C2)ccc2c1Cc1ccccc1-2.[Cl-].[Cl-].[Zr+2]. The third-order valence-corrected chi connectivity index (χ3v) is 5.11. The number of allylic oxidation sites excluding steroid dienone is 4. The topological polar surface area (TPSA) is 0 Å². The van der Waals surface area contributed by atoms with Crippen LogP contribution >= 0.6 is 0 Å². The van der Waals surface area contributed by atoms with E-state index in [2.05, 4.69) is 81.5 Å². The second-order valence-corrected chi connectivity index (χ2v) is 7.85. The monoisotopic (exact) mass is 460 g/mol. The smallest absolute Gasteiger partial charge is 1.00 e. The molecule has 0 aliphatic heterocycles. The predicted octanol–water partition coefficient (Wildman–Crippen LogP) is -0.154. The van der Waals surface area contributed by atoms with E-state index < -0.39 is 0 Å². The second kappa shape index (κ2) is 9.05. The van der Waals surface area contributed by atoms with E-state index in [1.54, 1.807) is 11.1 Å². The van der Waals surface area contributed by atoms with Crippen molar-refractivity contribution in [2.24, 2.45) is 5.92 Å². The summed E-state index contributed by atoms with van der Waals surface area (Å²) in [5.41, 5.74) is 9.18. The Kier molecular flexibility index (Phi) is 8.15. The number of benzene rings is 2. The van der Waals surface area contributed by atoms with Crippen molar-refractivity contribution in [3.8, 4) is 11.1 Å². The molecule has 0 saturated heterocycles. The van der Waals surface area contributed by atoms with Gasteiger partial charge in [-0.25, -0.2) is 0 Å². The Bertz CT molecular complexity index is 817. The molecule has 3 heteroatoms. The van der Waals surface area contributed by atoms with Gasteiger partial charge in [-0.05, 0) is 57.6 Å². The van der Waals surface area contributed by atoms with Crippen LogP contribution in [0, 0.1) is 5.92 Å². The van der Waals surface area contributed by atoms with Crippen molar-refractivity contribution in [2.45, 2.75) is 39.0 Å². The summed E-state index contributed by atoms with van der Waals surface area (Å²) >= 11 is 0. The van der Waals surface area contributed by atoms with Crippen molar-refractivity contribution in [2.75, 3.05) is 0 Å². The summed E-state index contributed by atoms with van der Waals surface area (Å²) < 4.78 is 0. The summed E-state index contributed by atoms with van der Waals surface area (Å²) in [5.74, 6) is 0.554. The summed E-state index contributed by atoms with van der Waals surface area (Å²) in [7, 11) is 0. The molecule has 2 aromatic rings. The maximum Gasteiger partial charge on any atom is 2.00 e. The molecule has 2 aliphatic carbocycles. The standard InChI is InChI=1S/C23H24.2ClH.Zr/c1-23(2,3)22-18(14-16-8-4-5-9-16)12-13-20-19-11-7-6-10-17(19)15-21(20)22;;;/h4-13,16H,14-15H2,1-3H3;2*1H;/q;;;+2/p-2.